The number of carbonyl (C=O) groups is 1. The van der Waals surface area contributed by atoms with Gasteiger partial charge in [-0.05, 0) is 41.0 Å². The summed E-state index contributed by atoms with van der Waals surface area (Å²) >= 11 is 12.3. The Morgan fingerprint density at radius 2 is 1.95 bits per heavy atom. The first-order valence-corrected chi connectivity index (χ1v) is 7.23. The van der Waals surface area contributed by atoms with E-state index in [9.17, 15) is 4.79 Å². The molecule has 1 aromatic carbocycles. The summed E-state index contributed by atoms with van der Waals surface area (Å²) in [6.07, 6.45) is 1.86. The fourth-order valence-electron chi connectivity index (χ4n) is 1.92. The number of unbranched alkanes of at least 4 members (excludes halogenated alkanes) is 1. The van der Waals surface area contributed by atoms with Crippen molar-refractivity contribution in [3.8, 4) is 0 Å². The van der Waals surface area contributed by atoms with Crippen LogP contribution in [0.25, 0.3) is 0 Å². The number of aryl methyl sites for hydroxylation is 1. The molecule has 0 amide bonds. The van der Waals surface area contributed by atoms with Gasteiger partial charge in [-0.15, -0.1) is 5.10 Å². The molecular weight excluding hydrogens is 315 g/mol. The Morgan fingerprint density at radius 3 is 2.62 bits per heavy atom. The summed E-state index contributed by atoms with van der Waals surface area (Å²) in [5.41, 5.74) is 0.780. The Balaban J connectivity index is 2.02. The van der Waals surface area contributed by atoms with Gasteiger partial charge in [-0.3, -0.25) is 4.79 Å². The van der Waals surface area contributed by atoms with Gasteiger partial charge in [-0.2, -0.15) is 0 Å². The zero-order valence-corrected chi connectivity index (χ0v) is 12.7. The highest BCUT2D eigenvalue weighted by atomic mass is 35.5. The minimum absolute atomic E-state index is 0.147. The van der Waals surface area contributed by atoms with E-state index in [0.717, 1.165) is 5.56 Å². The van der Waals surface area contributed by atoms with Crippen LogP contribution in [0.3, 0.4) is 0 Å². The van der Waals surface area contributed by atoms with Gasteiger partial charge in [-0.25, -0.2) is 4.68 Å². The number of benzene rings is 1. The van der Waals surface area contributed by atoms with E-state index >= 15 is 0 Å². The molecule has 0 aliphatic rings. The van der Waals surface area contributed by atoms with Crippen LogP contribution in [-0.2, 0) is 17.8 Å². The fourth-order valence-corrected chi connectivity index (χ4v) is 2.45. The van der Waals surface area contributed by atoms with E-state index in [1.54, 1.807) is 22.9 Å². The molecule has 6 nitrogen and oxygen atoms in total. The highest BCUT2D eigenvalue weighted by Gasteiger charge is 2.12. The molecule has 1 heterocycles. The zero-order valence-electron chi connectivity index (χ0n) is 11.2. The predicted octanol–water partition coefficient (Wildman–Crippen LogP) is 2.83. The van der Waals surface area contributed by atoms with Crippen LogP contribution >= 0.6 is 23.2 Å². The molecule has 1 N–H and O–H groups in total. The van der Waals surface area contributed by atoms with Crippen molar-refractivity contribution < 1.29 is 9.90 Å². The fraction of sp³-hybridized carbons (Fsp3) is 0.385. The first-order valence-electron chi connectivity index (χ1n) is 6.47. The van der Waals surface area contributed by atoms with Crippen molar-refractivity contribution in [1.29, 1.82) is 0 Å². The molecular formula is C13H14Cl2N4O2. The molecule has 0 unspecified atom stereocenters. The van der Waals surface area contributed by atoms with E-state index in [0.29, 0.717) is 41.7 Å². The molecule has 2 rings (SSSR count). The summed E-state index contributed by atoms with van der Waals surface area (Å²) in [5, 5.41) is 21.3. The first kappa shape index (κ1) is 15.7. The average molecular weight is 329 g/mol. The summed E-state index contributed by atoms with van der Waals surface area (Å²) in [6, 6.07) is 5.32. The first-order chi connectivity index (χ1) is 10.1. The summed E-state index contributed by atoms with van der Waals surface area (Å²) in [4.78, 5) is 10.5. The zero-order chi connectivity index (χ0) is 15.2. The monoisotopic (exact) mass is 328 g/mol. The summed E-state index contributed by atoms with van der Waals surface area (Å²) < 4.78 is 1.65. The number of hydrogen-bond acceptors (Lipinski definition) is 4. The van der Waals surface area contributed by atoms with Crippen LogP contribution in [0, 0.1) is 0 Å². The van der Waals surface area contributed by atoms with E-state index < -0.39 is 5.97 Å². The molecule has 0 aliphatic heterocycles. The molecule has 0 fully saturated rings. The molecule has 112 valence electrons. The second-order valence-electron chi connectivity index (χ2n) is 4.55. The Bertz CT molecular complexity index is 610. The number of carboxylic acids is 1. The maximum Gasteiger partial charge on any atom is 0.303 e. The van der Waals surface area contributed by atoms with Crippen molar-refractivity contribution in [2.24, 2.45) is 0 Å². The van der Waals surface area contributed by atoms with Gasteiger partial charge in [0.2, 0.25) is 0 Å². The smallest absolute Gasteiger partial charge is 0.303 e. The van der Waals surface area contributed by atoms with Gasteiger partial charge < -0.3 is 5.11 Å². The SMILES string of the molecule is O=C(O)CCCCn1nnnc1Cc1c(Cl)cccc1Cl. The Morgan fingerprint density at radius 1 is 1.24 bits per heavy atom. The summed E-state index contributed by atoms with van der Waals surface area (Å²) in [6.45, 7) is 0.567. The maximum atomic E-state index is 10.5. The quantitative estimate of drug-likeness (QED) is 0.790. The number of hydrogen-bond donors (Lipinski definition) is 1. The molecule has 8 heteroatoms. The van der Waals surface area contributed by atoms with E-state index in [4.69, 9.17) is 28.3 Å². The minimum atomic E-state index is -0.796. The van der Waals surface area contributed by atoms with E-state index in [2.05, 4.69) is 15.5 Å². The molecule has 0 aliphatic carbocycles. The van der Waals surface area contributed by atoms with Crippen molar-refractivity contribution in [3.63, 3.8) is 0 Å². The lowest BCUT2D eigenvalue weighted by Crippen LogP contribution is -2.08. The molecule has 0 atom stereocenters. The van der Waals surface area contributed by atoms with Gasteiger partial charge in [-0.1, -0.05) is 29.3 Å². The second kappa shape index (κ2) is 7.38. The largest absolute Gasteiger partial charge is 0.481 e. The van der Waals surface area contributed by atoms with Gasteiger partial charge in [0.05, 0.1) is 0 Å². The van der Waals surface area contributed by atoms with Crippen molar-refractivity contribution in [2.45, 2.75) is 32.2 Å². The lowest BCUT2D eigenvalue weighted by Gasteiger charge is -2.07. The topological polar surface area (TPSA) is 80.9 Å². The molecule has 0 radical (unpaired) electrons. The third kappa shape index (κ3) is 4.41. The van der Waals surface area contributed by atoms with Crippen LogP contribution in [0.4, 0.5) is 0 Å². The molecule has 0 saturated heterocycles. The Labute approximate surface area is 131 Å². The highest BCUT2D eigenvalue weighted by Crippen LogP contribution is 2.26. The van der Waals surface area contributed by atoms with E-state index in [1.807, 2.05) is 0 Å². The van der Waals surface area contributed by atoms with Crippen molar-refractivity contribution in [3.05, 3.63) is 39.6 Å². The van der Waals surface area contributed by atoms with Crippen LogP contribution in [0.5, 0.6) is 0 Å². The number of nitrogens with zero attached hydrogens (tertiary/aromatic N) is 4. The number of aromatic nitrogens is 4. The second-order valence-corrected chi connectivity index (χ2v) is 5.36. The molecule has 0 saturated carbocycles. The number of aliphatic carboxylic acids is 1. The number of rotatable bonds is 7. The van der Waals surface area contributed by atoms with Gasteiger partial charge in [0.15, 0.2) is 5.82 Å². The summed E-state index contributed by atoms with van der Waals surface area (Å²) in [7, 11) is 0. The van der Waals surface area contributed by atoms with Gasteiger partial charge in [0.1, 0.15) is 0 Å². The van der Waals surface area contributed by atoms with Gasteiger partial charge in [0, 0.05) is 29.4 Å². The van der Waals surface area contributed by atoms with Gasteiger partial charge >= 0.3 is 5.97 Å². The molecule has 0 spiro atoms. The number of halogens is 2. The standard InChI is InChI=1S/C13H14Cl2N4O2/c14-10-4-3-5-11(15)9(10)8-12-16-17-18-19(12)7-2-1-6-13(20)21/h3-5H,1-2,6-8H2,(H,20,21). The number of carboxylic acid groups (broad SMARTS) is 1. The van der Waals surface area contributed by atoms with Crippen LogP contribution in [0.1, 0.15) is 30.7 Å². The Hall–Kier alpha value is -1.66. The molecule has 2 aromatic rings. The lowest BCUT2D eigenvalue weighted by molar-refractivity contribution is -0.137. The summed E-state index contributed by atoms with van der Waals surface area (Å²) in [5.74, 6) is -0.143. The van der Waals surface area contributed by atoms with Crippen LogP contribution in [-0.4, -0.2) is 31.3 Å². The van der Waals surface area contributed by atoms with E-state index in [1.165, 1.54) is 0 Å². The lowest BCUT2D eigenvalue weighted by atomic mass is 10.1. The Kier molecular flexibility index (Phi) is 5.52. The normalized spacial score (nSPS) is 10.8. The van der Waals surface area contributed by atoms with E-state index in [-0.39, 0.29) is 6.42 Å². The van der Waals surface area contributed by atoms with Crippen molar-refractivity contribution >= 4 is 29.2 Å². The molecule has 1 aromatic heterocycles. The van der Waals surface area contributed by atoms with Crippen LogP contribution < -0.4 is 0 Å². The third-order valence-electron chi connectivity index (χ3n) is 3.01. The average Bonchev–Trinajstić information content (AvgIpc) is 2.86. The predicted molar refractivity (Wildman–Crippen MR) is 78.6 cm³/mol. The van der Waals surface area contributed by atoms with Crippen molar-refractivity contribution in [1.82, 2.24) is 20.2 Å². The molecule has 0 bridgehead atoms. The van der Waals surface area contributed by atoms with Gasteiger partial charge in [0.25, 0.3) is 0 Å². The van der Waals surface area contributed by atoms with Crippen molar-refractivity contribution in [2.75, 3.05) is 0 Å². The third-order valence-corrected chi connectivity index (χ3v) is 3.72. The number of tetrazole rings is 1. The van der Waals surface area contributed by atoms with Crippen LogP contribution in [0.15, 0.2) is 18.2 Å². The molecule has 21 heavy (non-hydrogen) atoms. The maximum absolute atomic E-state index is 10.5. The highest BCUT2D eigenvalue weighted by molar-refractivity contribution is 6.36. The minimum Gasteiger partial charge on any atom is -0.481 e. The van der Waals surface area contributed by atoms with Crippen LogP contribution in [0.2, 0.25) is 10.0 Å².